The number of aromatic amines is 1. The number of halogens is 3. The molecule has 0 aromatic carbocycles. The Hall–Kier alpha value is -3.09. The van der Waals surface area contributed by atoms with Gasteiger partial charge in [-0.05, 0) is 5.92 Å². The second-order valence-corrected chi connectivity index (χ2v) is 5.83. The third-order valence-corrected chi connectivity index (χ3v) is 3.64. The lowest BCUT2D eigenvalue weighted by molar-refractivity contribution is -0.142. The Morgan fingerprint density at radius 2 is 2.12 bits per heavy atom. The van der Waals surface area contributed by atoms with Crippen LogP contribution in [0.15, 0.2) is 23.4 Å². The third kappa shape index (κ3) is 3.00. The Labute approximate surface area is 139 Å². The molecule has 3 heterocycles. The molecule has 0 radical (unpaired) electrons. The average molecular weight is 350 g/mol. The third-order valence-electron chi connectivity index (χ3n) is 3.64. The Bertz CT molecular complexity index is 1030. The Kier molecular flexibility index (Phi) is 3.87. The molecule has 1 N–H and O–H groups in total. The highest BCUT2D eigenvalue weighted by molar-refractivity contribution is 5.67. The van der Waals surface area contributed by atoms with E-state index in [0.717, 1.165) is 9.20 Å². The largest absolute Gasteiger partial charge is 0.408 e. The van der Waals surface area contributed by atoms with E-state index < -0.39 is 18.3 Å². The predicted molar refractivity (Wildman–Crippen MR) is 81.9 cm³/mol. The quantitative estimate of drug-likeness (QED) is 0.785. The van der Waals surface area contributed by atoms with Crippen LogP contribution in [0, 0.1) is 11.3 Å². The van der Waals surface area contributed by atoms with E-state index in [9.17, 15) is 18.0 Å². The Morgan fingerprint density at radius 3 is 2.72 bits per heavy atom. The number of alkyl halides is 3. The van der Waals surface area contributed by atoms with Crippen LogP contribution in [-0.2, 0) is 6.54 Å². The summed E-state index contributed by atoms with van der Waals surface area (Å²) >= 11 is 0. The fraction of sp³-hybridized carbons (Fsp3) is 0.333. The van der Waals surface area contributed by atoms with Gasteiger partial charge in [-0.3, -0.25) is 14.6 Å². The van der Waals surface area contributed by atoms with Gasteiger partial charge in [0, 0.05) is 23.5 Å². The van der Waals surface area contributed by atoms with Crippen LogP contribution in [-0.4, -0.2) is 30.6 Å². The molecule has 10 heteroatoms. The normalized spacial score (nSPS) is 12.0. The minimum absolute atomic E-state index is 0.121. The number of aromatic nitrogens is 5. The van der Waals surface area contributed by atoms with Crippen molar-refractivity contribution < 1.29 is 13.2 Å². The first-order valence-corrected chi connectivity index (χ1v) is 7.35. The molecule has 3 aromatic rings. The molecule has 0 spiro atoms. The molecule has 0 aliphatic rings. The van der Waals surface area contributed by atoms with E-state index >= 15 is 0 Å². The van der Waals surface area contributed by atoms with E-state index in [-0.39, 0.29) is 28.4 Å². The number of rotatable bonds is 3. The second-order valence-electron chi connectivity index (χ2n) is 5.83. The van der Waals surface area contributed by atoms with Gasteiger partial charge in [0.15, 0.2) is 5.65 Å². The van der Waals surface area contributed by atoms with Crippen LogP contribution in [0.3, 0.4) is 0 Å². The van der Waals surface area contributed by atoms with Gasteiger partial charge in [-0.15, -0.1) is 0 Å². The molecule has 130 valence electrons. The summed E-state index contributed by atoms with van der Waals surface area (Å²) in [6, 6.07) is 1.92. The fourth-order valence-electron chi connectivity index (χ4n) is 2.61. The van der Waals surface area contributed by atoms with Crippen LogP contribution in [0.2, 0.25) is 0 Å². The Balaban J connectivity index is 2.23. The van der Waals surface area contributed by atoms with Crippen LogP contribution in [0.25, 0.3) is 16.9 Å². The van der Waals surface area contributed by atoms with Crippen molar-refractivity contribution in [2.24, 2.45) is 0 Å². The van der Waals surface area contributed by atoms with Gasteiger partial charge in [0.25, 0.3) is 5.56 Å². The van der Waals surface area contributed by atoms with E-state index in [1.165, 1.54) is 18.6 Å². The zero-order chi connectivity index (χ0) is 18.4. The van der Waals surface area contributed by atoms with Crippen LogP contribution in [0.5, 0.6) is 0 Å². The lowest BCUT2D eigenvalue weighted by Gasteiger charge is -2.10. The first kappa shape index (κ1) is 16.8. The van der Waals surface area contributed by atoms with Gasteiger partial charge in [0.05, 0.1) is 11.9 Å². The van der Waals surface area contributed by atoms with Crippen molar-refractivity contribution in [3.05, 3.63) is 40.1 Å². The number of H-pyrrole nitrogens is 1. The zero-order valence-corrected chi connectivity index (χ0v) is 13.3. The molecule has 3 rings (SSSR count). The van der Waals surface area contributed by atoms with Crippen molar-refractivity contribution in [2.75, 3.05) is 0 Å². The number of nitrogens with zero attached hydrogens (tertiary/aromatic N) is 5. The van der Waals surface area contributed by atoms with Crippen molar-refractivity contribution in [3.63, 3.8) is 0 Å². The molecule has 0 unspecified atom stereocenters. The van der Waals surface area contributed by atoms with E-state index in [4.69, 9.17) is 5.26 Å². The highest BCUT2D eigenvalue weighted by atomic mass is 19.4. The van der Waals surface area contributed by atoms with Crippen molar-refractivity contribution in [3.8, 4) is 17.3 Å². The predicted octanol–water partition coefficient (Wildman–Crippen LogP) is 2.44. The summed E-state index contributed by atoms with van der Waals surface area (Å²) in [4.78, 5) is 17.0. The van der Waals surface area contributed by atoms with Crippen LogP contribution in [0.4, 0.5) is 13.2 Å². The second kappa shape index (κ2) is 5.77. The highest BCUT2D eigenvalue weighted by Crippen LogP contribution is 2.26. The summed E-state index contributed by atoms with van der Waals surface area (Å²) in [5.74, 6) is -0.230. The van der Waals surface area contributed by atoms with E-state index in [1.807, 2.05) is 6.07 Å². The topological polar surface area (TPSA) is 91.8 Å². The minimum atomic E-state index is -4.41. The molecular weight excluding hydrogens is 337 g/mol. The summed E-state index contributed by atoms with van der Waals surface area (Å²) in [5, 5.41) is 15.5. The van der Waals surface area contributed by atoms with Crippen molar-refractivity contribution in [1.29, 1.82) is 5.26 Å². The Morgan fingerprint density at radius 1 is 1.40 bits per heavy atom. The average Bonchev–Trinajstić information content (AvgIpc) is 3.11. The molecule has 0 fully saturated rings. The monoisotopic (exact) mass is 350 g/mol. The number of hydrogen-bond acceptors (Lipinski definition) is 4. The maximum absolute atomic E-state index is 12.7. The molecule has 0 aliphatic heterocycles. The van der Waals surface area contributed by atoms with Crippen LogP contribution >= 0.6 is 0 Å². The van der Waals surface area contributed by atoms with Crippen molar-refractivity contribution in [2.45, 2.75) is 32.5 Å². The minimum Gasteiger partial charge on any atom is -0.295 e. The smallest absolute Gasteiger partial charge is 0.295 e. The number of hydrogen-bond donors (Lipinski definition) is 1. The van der Waals surface area contributed by atoms with Gasteiger partial charge in [-0.25, -0.2) is 9.50 Å². The van der Waals surface area contributed by atoms with Gasteiger partial charge in [0.1, 0.15) is 18.2 Å². The number of fused-ring (bicyclic) bond motifs is 1. The maximum Gasteiger partial charge on any atom is 0.408 e. The molecule has 0 saturated heterocycles. The van der Waals surface area contributed by atoms with Crippen LogP contribution in [0.1, 0.15) is 30.9 Å². The highest BCUT2D eigenvalue weighted by Gasteiger charge is 2.29. The lowest BCUT2D eigenvalue weighted by Crippen LogP contribution is -2.22. The van der Waals surface area contributed by atoms with Gasteiger partial charge in [-0.2, -0.15) is 23.5 Å². The fourth-order valence-corrected chi connectivity index (χ4v) is 2.61. The summed E-state index contributed by atoms with van der Waals surface area (Å²) in [6.45, 7) is 2.32. The SMILES string of the molecule is CC(C)c1c(-c2cnn(CC(F)(F)F)c2)nc2c(C#N)c[nH]n2c1=O. The van der Waals surface area contributed by atoms with Gasteiger partial charge >= 0.3 is 6.18 Å². The summed E-state index contributed by atoms with van der Waals surface area (Å²) in [7, 11) is 0. The van der Waals surface area contributed by atoms with Crippen molar-refractivity contribution >= 4 is 5.65 Å². The summed E-state index contributed by atoms with van der Waals surface area (Å²) < 4.78 is 39.5. The molecule has 3 aromatic heterocycles. The summed E-state index contributed by atoms with van der Waals surface area (Å²) in [6.07, 6.45) is -0.634. The first-order chi connectivity index (χ1) is 11.7. The maximum atomic E-state index is 12.7. The zero-order valence-electron chi connectivity index (χ0n) is 13.3. The molecule has 7 nitrogen and oxygen atoms in total. The molecule has 0 amide bonds. The van der Waals surface area contributed by atoms with Gasteiger partial charge in [-0.1, -0.05) is 13.8 Å². The first-order valence-electron chi connectivity index (χ1n) is 7.35. The number of nitriles is 1. The molecule has 0 atom stereocenters. The van der Waals surface area contributed by atoms with Gasteiger partial charge < -0.3 is 0 Å². The van der Waals surface area contributed by atoms with Crippen LogP contribution < -0.4 is 5.56 Å². The molecule has 0 bridgehead atoms. The molecule has 0 saturated carbocycles. The van der Waals surface area contributed by atoms with E-state index in [2.05, 4.69) is 15.2 Å². The molecule has 25 heavy (non-hydrogen) atoms. The van der Waals surface area contributed by atoms with E-state index in [1.54, 1.807) is 13.8 Å². The summed E-state index contributed by atoms with van der Waals surface area (Å²) in [5.41, 5.74) is 0.726. The number of nitrogens with one attached hydrogen (secondary N) is 1. The van der Waals surface area contributed by atoms with Crippen molar-refractivity contribution in [1.82, 2.24) is 24.4 Å². The van der Waals surface area contributed by atoms with Gasteiger partial charge in [0.2, 0.25) is 0 Å². The molecule has 0 aliphatic carbocycles. The van der Waals surface area contributed by atoms with E-state index in [0.29, 0.717) is 5.56 Å². The standard InChI is InChI=1S/C15H13F3N6O/c1-8(2)11-12(10-5-20-23(6-10)7-15(16,17)18)22-13-9(3-19)4-21-24(13)14(11)25/h4-6,8,21H,7H2,1-2H3. The molecular formula is C15H13F3N6O. The lowest BCUT2D eigenvalue weighted by atomic mass is 10.00.